The Bertz CT molecular complexity index is 2450. The number of aliphatic hydroxyl groups excluding tert-OH is 7. The molecule has 2 unspecified atom stereocenters. The monoisotopic (exact) mass is 1220 g/mol. The molecule has 29 heteroatoms. The van der Waals surface area contributed by atoms with Crippen molar-refractivity contribution in [3.63, 3.8) is 0 Å². The van der Waals surface area contributed by atoms with E-state index in [1.807, 2.05) is 0 Å². The molecule has 3 heterocycles. The second-order valence-electron chi connectivity index (χ2n) is 22.0. The standard InChI is InChI=1S/C52H88N10O15.2C2H4O2/c1-5-28(2)24-29(3)12-10-8-6-7-9-11-13-39(69)56-34-26-38(68)46(55-22-21-54)60-50(75)43-37(67)19-23-61(43)52(77)41(36(66)18-20-53)58-49(74)42(45(71)44(70)31-14-16-32(64)17-15-31)59-48(73)35-25-33(65)27-62(35)51(76)40(30(4)63)57-47(34)72;2*1-2(3)4/h14-17,28-30,33-38,40-46,55,63-68,70-71H,5-13,18-27,53-54H2,1-4H3,(H,56,69)(H,57,72)(H,58,74)(H,59,73)(H,60,75);2*1H3,(H,3,4)/t28?,29?,30-,33-,34+,35+,36-,37+,38-,40+,41+,42+,43+,44+,45+,46+;;/m1../s1/i21D2,22D2;;. The molecule has 0 aromatic heterocycles. The molecule has 4 rings (SSSR count). The molecule has 7 amide bonds. The van der Waals surface area contributed by atoms with Gasteiger partial charge in [-0.25, -0.2) is 0 Å². The highest BCUT2D eigenvalue weighted by Crippen LogP contribution is 2.27. The second-order valence-corrected chi connectivity index (χ2v) is 22.0. The van der Waals surface area contributed by atoms with Crippen LogP contribution in [0.2, 0.25) is 0 Å². The molecule has 85 heavy (non-hydrogen) atoms. The zero-order valence-corrected chi connectivity index (χ0v) is 49.3. The Morgan fingerprint density at radius 3 is 1.86 bits per heavy atom. The summed E-state index contributed by atoms with van der Waals surface area (Å²) in [5.74, 6) is -9.21. The Morgan fingerprint density at radius 1 is 0.718 bits per heavy atom. The van der Waals surface area contributed by atoms with Crippen molar-refractivity contribution >= 4 is 53.3 Å². The number of hydrogen-bond acceptors (Lipinski definition) is 20. The SMILES string of the molecule is CC(=O)O.CC(=O)O.[2H]C([2H])(N)C([2H])([2H])N[C@H]1NC(=O)[C@@H]2[C@@H](O)CCN2C(=O)[C@H]([C@H](O)CCN)NC(=O)[C@H]([C@H](O)[C@@H](O)c2ccc(O)cc2)NC(=O)[C@@H]2C[C@@H](O)CN2C(=O)[C@H]([C@@H](C)O)NC(=O)[C@@H](NC(=O)CCCCCCCCC(C)CC(C)CC)C[C@H]1O. The number of carboxylic acids is 2. The minimum atomic E-state index is -3.33. The van der Waals surface area contributed by atoms with Gasteiger partial charge < -0.3 is 98.9 Å². The number of aromatic hydroxyl groups is 1. The fourth-order valence-electron chi connectivity index (χ4n) is 10.1. The van der Waals surface area contributed by atoms with Gasteiger partial charge in [-0.15, -0.1) is 0 Å². The summed E-state index contributed by atoms with van der Waals surface area (Å²) in [6.45, 7) is 1.93. The van der Waals surface area contributed by atoms with Crippen LogP contribution in [0.1, 0.15) is 149 Å². The number of carbonyl (C=O) groups excluding carboxylic acids is 7. The normalized spacial score (nSPS) is 27.6. The van der Waals surface area contributed by atoms with E-state index in [4.69, 9.17) is 36.8 Å². The van der Waals surface area contributed by atoms with Gasteiger partial charge in [0.1, 0.15) is 60.4 Å². The first-order valence-corrected chi connectivity index (χ1v) is 28.7. The number of carboxylic acid groups (broad SMARTS) is 2. The topological polar surface area (TPSA) is 487 Å². The maximum atomic E-state index is 14.7. The average Bonchev–Trinajstić information content (AvgIpc) is 3.42. The first-order chi connectivity index (χ1) is 41.4. The van der Waals surface area contributed by atoms with Crippen LogP contribution in [0.3, 0.4) is 0 Å². The number of aliphatic hydroxyl groups is 7. The van der Waals surface area contributed by atoms with Crippen LogP contribution >= 0.6 is 0 Å². The molecule has 3 aliphatic heterocycles. The van der Waals surface area contributed by atoms with Crippen LogP contribution < -0.4 is 43.4 Å². The van der Waals surface area contributed by atoms with Gasteiger partial charge in [0.25, 0.3) is 11.9 Å². The number of amides is 7. The van der Waals surface area contributed by atoms with E-state index in [9.17, 15) is 74.4 Å². The van der Waals surface area contributed by atoms with Crippen LogP contribution in [-0.2, 0) is 43.2 Å². The van der Waals surface area contributed by atoms with Crippen molar-refractivity contribution in [3.8, 4) is 5.75 Å². The van der Waals surface area contributed by atoms with Gasteiger partial charge in [0.2, 0.25) is 41.4 Å². The summed E-state index contributed by atoms with van der Waals surface area (Å²) in [5.41, 5.74) is 11.2. The molecule has 0 radical (unpaired) electrons. The predicted octanol–water partition coefficient (Wildman–Crippen LogP) is -3.13. The highest BCUT2D eigenvalue weighted by molar-refractivity contribution is 5.98. The fourth-order valence-corrected chi connectivity index (χ4v) is 10.1. The van der Waals surface area contributed by atoms with Gasteiger partial charge in [0, 0.05) is 64.7 Å². The van der Waals surface area contributed by atoms with Crippen molar-refractivity contribution in [2.24, 2.45) is 23.3 Å². The van der Waals surface area contributed by atoms with Crippen LogP contribution in [-0.4, -0.2) is 226 Å². The van der Waals surface area contributed by atoms with Crippen molar-refractivity contribution in [1.29, 1.82) is 0 Å². The lowest BCUT2D eigenvalue weighted by Gasteiger charge is -2.35. The lowest BCUT2D eigenvalue weighted by atomic mass is 9.91. The molecule has 0 bridgehead atoms. The minimum Gasteiger partial charge on any atom is -0.508 e. The predicted molar refractivity (Wildman–Crippen MR) is 307 cm³/mol. The van der Waals surface area contributed by atoms with Crippen LogP contribution in [0.4, 0.5) is 0 Å². The van der Waals surface area contributed by atoms with Gasteiger partial charge >= 0.3 is 0 Å². The molecule has 29 nitrogen and oxygen atoms in total. The molecule has 3 saturated heterocycles. The third kappa shape index (κ3) is 25.4. The summed E-state index contributed by atoms with van der Waals surface area (Å²) >= 11 is 0. The molecule has 3 aliphatic rings. The number of aliphatic carboxylic acids is 2. The molecule has 16 atom stereocenters. The van der Waals surface area contributed by atoms with Gasteiger partial charge in [-0.1, -0.05) is 77.8 Å². The number of fused-ring (bicyclic) bond motifs is 2. The molecule has 1 aromatic carbocycles. The molecule has 1 aromatic rings. The summed E-state index contributed by atoms with van der Waals surface area (Å²) in [7, 11) is 0. The van der Waals surface area contributed by atoms with Gasteiger partial charge in [0.15, 0.2) is 0 Å². The molecule has 484 valence electrons. The molecule has 0 aliphatic carbocycles. The van der Waals surface area contributed by atoms with Gasteiger partial charge in [-0.2, -0.15) is 0 Å². The van der Waals surface area contributed by atoms with E-state index < -0.39 is 184 Å². The third-order valence-corrected chi connectivity index (χ3v) is 14.7. The Balaban J connectivity index is 0.00000317. The summed E-state index contributed by atoms with van der Waals surface area (Å²) in [4.78, 5) is 120. The van der Waals surface area contributed by atoms with Crippen molar-refractivity contribution in [2.45, 2.75) is 217 Å². The summed E-state index contributed by atoms with van der Waals surface area (Å²) < 4.78 is 32.9. The second kappa shape index (κ2) is 38.1. The third-order valence-electron chi connectivity index (χ3n) is 14.7. The van der Waals surface area contributed by atoms with E-state index in [0.717, 1.165) is 82.7 Å². The van der Waals surface area contributed by atoms with Crippen molar-refractivity contribution in [3.05, 3.63) is 29.8 Å². The van der Waals surface area contributed by atoms with Crippen molar-refractivity contribution in [2.75, 3.05) is 32.6 Å². The number of nitrogens with two attached hydrogens (primary N) is 2. The molecule has 3 fully saturated rings. The number of unbranched alkanes of at least 4 members (excludes halogenated alkanes) is 5. The zero-order chi connectivity index (χ0) is 67.8. The lowest BCUT2D eigenvalue weighted by Crippen LogP contribution is -2.65. The number of benzene rings is 1. The first-order valence-electron chi connectivity index (χ1n) is 30.7. The largest absolute Gasteiger partial charge is 0.508 e. The summed E-state index contributed by atoms with van der Waals surface area (Å²) in [5, 5.41) is 118. The average molecular weight is 1220 g/mol. The molecule has 20 N–H and O–H groups in total. The highest BCUT2D eigenvalue weighted by Gasteiger charge is 2.49. The molecule has 0 saturated carbocycles. The Labute approximate surface area is 501 Å². The first kappa shape index (κ1) is 68.0. The number of hydrogen-bond donors (Lipinski definition) is 18. The summed E-state index contributed by atoms with van der Waals surface area (Å²) in [6.07, 6.45) is -10.0. The number of carbonyl (C=O) groups is 9. The summed E-state index contributed by atoms with van der Waals surface area (Å²) in [6, 6.07) is -7.46. The Hall–Kier alpha value is -6.15. The zero-order valence-electron chi connectivity index (χ0n) is 53.3. The van der Waals surface area contributed by atoms with E-state index >= 15 is 0 Å². The maximum absolute atomic E-state index is 14.7. The lowest BCUT2D eigenvalue weighted by molar-refractivity contribution is -0.148. The molecular weight excluding hydrogens is 1120 g/mol. The number of nitrogens with zero attached hydrogens (tertiary/aromatic N) is 2. The Kier molecular flexibility index (Phi) is 30.5. The van der Waals surface area contributed by atoms with E-state index in [2.05, 4.69) is 52.7 Å². The fraction of sp³-hybridized carbons (Fsp3) is 0.732. The van der Waals surface area contributed by atoms with Crippen LogP contribution in [0.15, 0.2) is 24.3 Å². The minimum absolute atomic E-state index is 0.106. The van der Waals surface area contributed by atoms with Gasteiger partial charge in [-0.05, 0) is 68.7 Å². The highest BCUT2D eigenvalue weighted by atomic mass is 16.4. The van der Waals surface area contributed by atoms with Gasteiger partial charge in [0.05, 0.1) is 30.5 Å². The van der Waals surface area contributed by atoms with Crippen LogP contribution in [0.25, 0.3) is 0 Å². The van der Waals surface area contributed by atoms with Crippen LogP contribution in [0.5, 0.6) is 5.75 Å². The van der Waals surface area contributed by atoms with Crippen molar-refractivity contribution in [1.82, 2.24) is 41.7 Å². The number of rotatable bonds is 23. The quantitative estimate of drug-likeness (QED) is 0.0482. The smallest absolute Gasteiger partial charge is 0.300 e. The number of phenolic OH excluding ortho intramolecular Hbond substituents is 1. The number of phenols is 1. The van der Waals surface area contributed by atoms with E-state index in [0.29, 0.717) is 29.6 Å². The molecular formula is C56H96N10O19. The van der Waals surface area contributed by atoms with Crippen LogP contribution in [0, 0.1) is 11.8 Å². The molecule has 0 spiro atoms. The maximum Gasteiger partial charge on any atom is 0.300 e. The van der Waals surface area contributed by atoms with E-state index in [1.54, 1.807) is 0 Å². The van der Waals surface area contributed by atoms with E-state index in [1.165, 1.54) is 12.1 Å². The van der Waals surface area contributed by atoms with Crippen molar-refractivity contribution < 1.29 is 99.7 Å². The Morgan fingerprint density at radius 2 is 1.28 bits per heavy atom. The van der Waals surface area contributed by atoms with E-state index in [-0.39, 0.29) is 30.7 Å². The number of nitrogens with one attached hydrogen (secondary N) is 6. The van der Waals surface area contributed by atoms with Gasteiger partial charge in [-0.3, -0.25) is 48.5 Å².